The van der Waals surface area contributed by atoms with E-state index < -0.39 is 6.04 Å². The summed E-state index contributed by atoms with van der Waals surface area (Å²) in [6.45, 7) is 1.87. The minimum absolute atomic E-state index is 0.0270. The second kappa shape index (κ2) is 3.17. The molecule has 0 bridgehead atoms. The van der Waals surface area contributed by atoms with E-state index in [-0.39, 0.29) is 16.9 Å². The molecule has 1 fully saturated rings. The average molecular weight is 158 g/mol. The molecule has 0 aromatic carbocycles. The Labute approximate surface area is 65.9 Å². The van der Waals surface area contributed by atoms with Gasteiger partial charge in [0.1, 0.15) is 0 Å². The van der Waals surface area contributed by atoms with Gasteiger partial charge in [-0.05, 0) is 12.8 Å². The quantitative estimate of drug-likeness (QED) is 0.453. The van der Waals surface area contributed by atoms with Crippen LogP contribution in [0, 0.1) is 16.0 Å². The largest absolute Gasteiger partial charge is 0.327 e. The van der Waals surface area contributed by atoms with Crippen LogP contribution in [0.4, 0.5) is 0 Å². The maximum absolute atomic E-state index is 10.5. The van der Waals surface area contributed by atoms with Gasteiger partial charge in [0.2, 0.25) is 6.04 Å². The summed E-state index contributed by atoms with van der Waals surface area (Å²) in [6.07, 6.45) is 2.53. The van der Waals surface area contributed by atoms with Gasteiger partial charge < -0.3 is 5.73 Å². The molecule has 0 aromatic heterocycles. The third kappa shape index (κ3) is 1.68. The zero-order chi connectivity index (χ0) is 8.43. The third-order valence-electron chi connectivity index (χ3n) is 2.59. The first kappa shape index (κ1) is 8.46. The Morgan fingerprint density at radius 2 is 2.18 bits per heavy atom. The minimum atomic E-state index is -0.404. The van der Waals surface area contributed by atoms with Crippen molar-refractivity contribution in [2.45, 2.75) is 38.3 Å². The van der Waals surface area contributed by atoms with Crippen LogP contribution in [0.2, 0.25) is 0 Å². The Morgan fingerprint density at radius 3 is 2.64 bits per heavy atom. The zero-order valence-corrected chi connectivity index (χ0v) is 6.69. The van der Waals surface area contributed by atoms with E-state index in [4.69, 9.17) is 5.73 Å². The van der Waals surface area contributed by atoms with Crippen LogP contribution in [0.5, 0.6) is 0 Å². The number of rotatable bonds is 1. The molecule has 0 amide bonds. The predicted molar refractivity (Wildman–Crippen MR) is 41.8 cm³/mol. The molecule has 0 aromatic rings. The molecule has 2 N–H and O–H groups in total. The van der Waals surface area contributed by atoms with Crippen molar-refractivity contribution in [1.82, 2.24) is 0 Å². The SMILES string of the molecule is CC1C(N)CCCC1[N+](=O)[O-]. The van der Waals surface area contributed by atoms with Gasteiger partial charge in [0.05, 0.1) is 0 Å². The van der Waals surface area contributed by atoms with Crippen molar-refractivity contribution in [3.63, 3.8) is 0 Å². The summed E-state index contributed by atoms with van der Waals surface area (Å²) in [6, 6.07) is -0.377. The molecule has 0 saturated heterocycles. The van der Waals surface area contributed by atoms with E-state index >= 15 is 0 Å². The van der Waals surface area contributed by atoms with Crippen molar-refractivity contribution in [3.05, 3.63) is 10.1 Å². The number of hydrogen-bond donors (Lipinski definition) is 1. The van der Waals surface area contributed by atoms with Crippen LogP contribution in [0.15, 0.2) is 0 Å². The summed E-state index contributed by atoms with van der Waals surface area (Å²) in [5, 5.41) is 10.5. The van der Waals surface area contributed by atoms with Gasteiger partial charge in [-0.15, -0.1) is 0 Å². The zero-order valence-electron chi connectivity index (χ0n) is 6.69. The van der Waals surface area contributed by atoms with Gasteiger partial charge >= 0.3 is 0 Å². The lowest BCUT2D eigenvalue weighted by molar-refractivity contribution is -0.535. The van der Waals surface area contributed by atoms with Crippen molar-refractivity contribution in [2.24, 2.45) is 11.7 Å². The first-order valence-corrected chi connectivity index (χ1v) is 4.02. The van der Waals surface area contributed by atoms with Gasteiger partial charge in [0, 0.05) is 23.3 Å². The van der Waals surface area contributed by atoms with Gasteiger partial charge in [-0.3, -0.25) is 10.1 Å². The molecule has 1 rings (SSSR count). The molecule has 0 radical (unpaired) electrons. The third-order valence-corrected chi connectivity index (χ3v) is 2.59. The average Bonchev–Trinajstić information content (AvgIpc) is 1.94. The second-order valence-corrected chi connectivity index (χ2v) is 3.31. The number of nitrogens with zero attached hydrogens (tertiary/aromatic N) is 1. The normalized spacial score (nSPS) is 38.5. The first-order chi connectivity index (χ1) is 5.13. The van der Waals surface area contributed by atoms with Crippen LogP contribution in [-0.2, 0) is 0 Å². The van der Waals surface area contributed by atoms with E-state index in [9.17, 15) is 10.1 Å². The minimum Gasteiger partial charge on any atom is -0.327 e. The van der Waals surface area contributed by atoms with Crippen molar-refractivity contribution in [3.8, 4) is 0 Å². The molecule has 1 aliphatic rings. The van der Waals surface area contributed by atoms with Crippen LogP contribution in [-0.4, -0.2) is 17.0 Å². The van der Waals surface area contributed by atoms with Crippen LogP contribution in [0.25, 0.3) is 0 Å². The van der Waals surface area contributed by atoms with E-state index in [2.05, 4.69) is 0 Å². The Morgan fingerprint density at radius 1 is 1.55 bits per heavy atom. The predicted octanol–water partition coefficient (Wildman–Crippen LogP) is 0.779. The number of hydrogen-bond acceptors (Lipinski definition) is 3. The van der Waals surface area contributed by atoms with Gasteiger partial charge in [-0.2, -0.15) is 0 Å². The summed E-state index contributed by atoms with van der Waals surface area (Å²) >= 11 is 0. The summed E-state index contributed by atoms with van der Waals surface area (Å²) in [5.74, 6) is 0.0405. The fraction of sp³-hybridized carbons (Fsp3) is 1.00. The molecule has 0 aliphatic heterocycles. The highest BCUT2D eigenvalue weighted by Crippen LogP contribution is 2.24. The van der Waals surface area contributed by atoms with Gasteiger partial charge in [0.15, 0.2) is 0 Å². The highest BCUT2D eigenvalue weighted by atomic mass is 16.6. The first-order valence-electron chi connectivity index (χ1n) is 4.02. The van der Waals surface area contributed by atoms with E-state index in [1.54, 1.807) is 0 Å². The number of nitrogens with two attached hydrogens (primary N) is 1. The van der Waals surface area contributed by atoms with Crippen molar-refractivity contribution in [2.75, 3.05) is 0 Å². The van der Waals surface area contributed by atoms with E-state index in [1.165, 1.54) is 0 Å². The molecule has 64 valence electrons. The van der Waals surface area contributed by atoms with Gasteiger partial charge in [-0.1, -0.05) is 6.92 Å². The molecular weight excluding hydrogens is 144 g/mol. The highest BCUT2D eigenvalue weighted by molar-refractivity contribution is 4.81. The smallest absolute Gasteiger partial charge is 0.217 e. The monoisotopic (exact) mass is 158 g/mol. The van der Waals surface area contributed by atoms with E-state index in [1.807, 2.05) is 6.92 Å². The topological polar surface area (TPSA) is 69.2 Å². The lowest BCUT2D eigenvalue weighted by Gasteiger charge is -2.27. The van der Waals surface area contributed by atoms with Crippen LogP contribution in [0.1, 0.15) is 26.2 Å². The maximum atomic E-state index is 10.5. The molecule has 0 heterocycles. The van der Waals surface area contributed by atoms with Gasteiger partial charge in [-0.25, -0.2) is 0 Å². The van der Waals surface area contributed by atoms with E-state index in [0.29, 0.717) is 6.42 Å². The van der Waals surface area contributed by atoms with Crippen molar-refractivity contribution in [1.29, 1.82) is 0 Å². The van der Waals surface area contributed by atoms with Crippen molar-refractivity contribution < 1.29 is 4.92 Å². The molecule has 1 saturated carbocycles. The summed E-state index contributed by atoms with van der Waals surface area (Å²) < 4.78 is 0. The molecule has 3 atom stereocenters. The Hall–Kier alpha value is -0.640. The maximum Gasteiger partial charge on any atom is 0.217 e. The lowest BCUT2D eigenvalue weighted by atomic mass is 9.82. The van der Waals surface area contributed by atoms with Crippen LogP contribution >= 0.6 is 0 Å². The Balaban J connectivity index is 2.58. The molecule has 4 nitrogen and oxygen atoms in total. The van der Waals surface area contributed by atoms with Crippen LogP contribution < -0.4 is 5.73 Å². The standard InChI is InChI=1S/C7H14N2O2/c1-5-6(8)3-2-4-7(5)9(10)11/h5-7H,2-4,8H2,1H3. The summed E-state index contributed by atoms with van der Waals surface area (Å²) in [5.41, 5.74) is 5.70. The molecule has 4 heteroatoms. The lowest BCUT2D eigenvalue weighted by Crippen LogP contribution is -2.43. The summed E-state index contributed by atoms with van der Waals surface area (Å²) in [4.78, 5) is 10.3. The fourth-order valence-corrected chi connectivity index (χ4v) is 1.67. The molecule has 3 unspecified atom stereocenters. The van der Waals surface area contributed by atoms with Crippen molar-refractivity contribution >= 4 is 0 Å². The molecule has 0 spiro atoms. The fourth-order valence-electron chi connectivity index (χ4n) is 1.67. The molecule has 1 aliphatic carbocycles. The number of nitro groups is 1. The van der Waals surface area contributed by atoms with Crippen LogP contribution in [0.3, 0.4) is 0 Å². The Kier molecular flexibility index (Phi) is 2.44. The molecular formula is C7H14N2O2. The highest BCUT2D eigenvalue weighted by Gasteiger charge is 2.35. The summed E-state index contributed by atoms with van der Waals surface area (Å²) in [7, 11) is 0. The Bertz CT molecular complexity index is 161. The molecule has 11 heavy (non-hydrogen) atoms. The van der Waals surface area contributed by atoms with E-state index in [0.717, 1.165) is 12.8 Å². The second-order valence-electron chi connectivity index (χ2n) is 3.31. The van der Waals surface area contributed by atoms with Gasteiger partial charge in [0.25, 0.3) is 0 Å².